The molecule has 1 aliphatic heterocycles. The molecule has 1 aliphatic rings. The van der Waals surface area contributed by atoms with Crippen molar-refractivity contribution in [3.63, 3.8) is 0 Å². The van der Waals surface area contributed by atoms with E-state index in [2.05, 4.69) is 25.9 Å². The zero-order valence-corrected chi connectivity index (χ0v) is 20.7. The zero-order chi connectivity index (χ0) is 26.6. The van der Waals surface area contributed by atoms with Crippen molar-refractivity contribution in [1.29, 1.82) is 0 Å². The number of amides is 3. The maximum absolute atomic E-state index is 13.7. The molecule has 0 spiro atoms. The average Bonchev–Trinajstić information content (AvgIpc) is 2.99. The Balaban J connectivity index is 1.74. The number of aliphatic imine (C=N–C) groups is 1. The van der Waals surface area contributed by atoms with Crippen molar-refractivity contribution in [1.82, 2.24) is 10.3 Å². The predicted octanol–water partition coefficient (Wildman–Crippen LogP) is 2.80. The lowest BCUT2D eigenvalue weighted by Gasteiger charge is -2.27. The molecule has 1 unspecified atom stereocenters. The van der Waals surface area contributed by atoms with E-state index < -0.39 is 36.0 Å². The summed E-state index contributed by atoms with van der Waals surface area (Å²) in [5, 5.41) is 18.6. The molecule has 4 rings (SSSR count). The Bertz CT molecular complexity index is 1350. The number of ketones is 1. The molecule has 10 nitrogen and oxygen atoms in total. The summed E-state index contributed by atoms with van der Waals surface area (Å²) in [5.41, 5.74) is 1.50. The van der Waals surface area contributed by atoms with E-state index in [1.165, 1.54) is 18.7 Å². The highest BCUT2D eigenvalue weighted by Crippen LogP contribution is 2.28. The highest BCUT2D eigenvalue weighted by molar-refractivity contribution is 6.20. The number of aromatic nitrogens is 1. The molecule has 1 atom stereocenters. The molecule has 3 amide bonds. The maximum atomic E-state index is 13.7. The topological polar surface area (TPSA) is 136 Å². The number of hydrogen-bond donors (Lipinski definition) is 4. The number of rotatable bonds is 7. The molecule has 3 aromatic rings. The van der Waals surface area contributed by atoms with Crippen LogP contribution in [0.4, 0.5) is 21.9 Å². The number of benzodiazepines with no additional fused rings is 1. The van der Waals surface area contributed by atoms with Gasteiger partial charge in [0.15, 0.2) is 5.78 Å². The van der Waals surface area contributed by atoms with Gasteiger partial charge in [-0.1, -0.05) is 30.3 Å². The van der Waals surface area contributed by atoms with E-state index in [0.29, 0.717) is 28.3 Å². The lowest BCUT2D eigenvalue weighted by molar-refractivity contribution is -0.134. The van der Waals surface area contributed by atoms with Crippen molar-refractivity contribution < 1.29 is 19.5 Å². The maximum Gasteiger partial charge on any atom is 0.321 e. The Hall–Kier alpha value is -4.57. The fourth-order valence-electron chi connectivity index (χ4n) is 3.77. The van der Waals surface area contributed by atoms with Gasteiger partial charge in [-0.3, -0.25) is 14.6 Å². The van der Waals surface area contributed by atoms with E-state index in [-0.39, 0.29) is 0 Å². The summed E-state index contributed by atoms with van der Waals surface area (Å²) in [5.74, 6) is -1.20. The van der Waals surface area contributed by atoms with E-state index in [0.717, 1.165) is 5.69 Å². The number of hydrogen-bond acceptors (Lipinski definition) is 7. The van der Waals surface area contributed by atoms with Crippen molar-refractivity contribution in [3.8, 4) is 0 Å². The molecular formula is C27H28N6O4. The van der Waals surface area contributed by atoms with E-state index >= 15 is 0 Å². The van der Waals surface area contributed by atoms with Crippen LogP contribution in [0.3, 0.4) is 0 Å². The van der Waals surface area contributed by atoms with Gasteiger partial charge in [0.1, 0.15) is 5.60 Å². The second-order valence-electron chi connectivity index (χ2n) is 8.95. The monoisotopic (exact) mass is 500 g/mol. The number of carbonyl (C=O) groups excluding carboxylic acids is 3. The van der Waals surface area contributed by atoms with Crippen molar-refractivity contribution in [3.05, 3.63) is 84.2 Å². The van der Waals surface area contributed by atoms with Gasteiger partial charge in [0.05, 0.1) is 23.6 Å². The Kier molecular flexibility index (Phi) is 7.30. The third-order valence-corrected chi connectivity index (χ3v) is 5.78. The van der Waals surface area contributed by atoms with Crippen LogP contribution in [0.2, 0.25) is 0 Å². The minimum absolute atomic E-state index is 0.380. The van der Waals surface area contributed by atoms with Gasteiger partial charge < -0.3 is 26.0 Å². The molecule has 0 bridgehead atoms. The van der Waals surface area contributed by atoms with Gasteiger partial charge in [-0.2, -0.15) is 0 Å². The first kappa shape index (κ1) is 25.5. The zero-order valence-electron chi connectivity index (χ0n) is 20.7. The smallest absolute Gasteiger partial charge is 0.321 e. The second-order valence-corrected chi connectivity index (χ2v) is 8.95. The van der Waals surface area contributed by atoms with Crippen molar-refractivity contribution >= 4 is 40.5 Å². The largest absolute Gasteiger partial charge is 0.388 e. The van der Waals surface area contributed by atoms with Crippen LogP contribution in [-0.4, -0.2) is 58.9 Å². The molecule has 0 saturated carbocycles. The number of nitrogens with zero attached hydrogens (tertiary/aromatic N) is 3. The molecule has 4 N–H and O–H groups in total. The number of urea groups is 1. The molecule has 2 heterocycles. The van der Waals surface area contributed by atoms with Gasteiger partial charge in [-0.15, -0.1) is 0 Å². The lowest BCUT2D eigenvalue weighted by atomic mass is 10.0. The van der Waals surface area contributed by atoms with Crippen LogP contribution in [0.15, 0.2) is 77.9 Å². The van der Waals surface area contributed by atoms with Crippen LogP contribution in [0.1, 0.15) is 25.1 Å². The lowest BCUT2D eigenvalue weighted by Crippen LogP contribution is -2.51. The van der Waals surface area contributed by atoms with Crippen LogP contribution in [0, 0.1) is 0 Å². The van der Waals surface area contributed by atoms with Crippen molar-refractivity contribution in [2.45, 2.75) is 25.6 Å². The second kappa shape index (κ2) is 10.6. The number of fused-ring (bicyclic) bond motifs is 1. The first-order valence-electron chi connectivity index (χ1n) is 11.7. The van der Waals surface area contributed by atoms with Gasteiger partial charge in [0.25, 0.3) is 5.91 Å². The molecule has 190 valence electrons. The molecule has 37 heavy (non-hydrogen) atoms. The van der Waals surface area contributed by atoms with Crippen molar-refractivity contribution in [2.24, 2.45) is 4.99 Å². The Morgan fingerprint density at radius 1 is 1.03 bits per heavy atom. The van der Waals surface area contributed by atoms with Crippen LogP contribution >= 0.6 is 0 Å². The molecule has 0 saturated heterocycles. The normalized spacial score (nSPS) is 15.2. The number of carbonyl (C=O) groups is 3. The van der Waals surface area contributed by atoms with Gasteiger partial charge in [-0.25, -0.2) is 9.79 Å². The fraction of sp³-hybridized carbons (Fsp3) is 0.222. The Labute approximate surface area is 214 Å². The number of nitrogens with one attached hydrogen (secondary N) is 3. The van der Waals surface area contributed by atoms with Gasteiger partial charge in [-0.05, 0) is 50.2 Å². The van der Waals surface area contributed by atoms with Crippen LogP contribution in [-0.2, 0) is 9.59 Å². The summed E-state index contributed by atoms with van der Waals surface area (Å²) in [6, 6.07) is 18.7. The summed E-state index contributed by atoms with van der Waals surface area (Å²) in [7, 11) is 1.76. The Morgan fingerprint density at radius 2 is 1.76 bits per heavy atom. The average molecular weight is 501 g/mol. The summed E-state index contributed by atoms with van der Waals surface area (Å²) in [6.07, 6.45) is 0.235. The number of pyridine rings is 1. The molecule has 0 aliphatic carbocycles. The summed E-state index contributed by atoms with van der Waals surface area (Å²) < 4.78 is 0. The van der Waals surface area contributed by atoms with Gasteiger partial charge in [0, 0.05) is 30.2 Å². The van der Waals surface area contributed by atoms with E-state index in [4.69, 9.17) is 0 Å². The van der Waals surface area contributed by atoms with Crippen LogP contribution < -0.4 is 20.9 Å². The molecule has 10 heteroatoms. The molecular weight excluding hydrogens is 472 g/mol. The molecule has 0 fully saturated rings. The molecule has 1 aromatic heterocycles. The van der Waals surface area contributed by atoms with Crippen LogP contribution in [0.25, 0.3) is 0 Å². The summed E-state index contributed by atoms with van der Waals surface area (Å²) in [6.45, 7) is 2.32. The number of Topliss-reactive ketones (excluding diaryl/α,β-unsaturated/α-hetero) is 1. The number of para-hydroxylation sites is 1. The molecule has 2 aromatic carbocycles. The van der Waals surface area contributed by atoms with E-state index in [9.17, 15) is 19.5 Å². The quantitative estimate of drug-likeness (QED) is 0.394. The van der Waals surface area contributed by atoms with Gasteiger partial charge in [0.2, 0.25) is 6.17 Å². The Morgan fingerprint density at radius 3 is 2.46 bits per heavy atom. The molecule has 0 radical (unpaired) electrons. The van der Waals surface area contributed by atoms with Gasteiger partial charge >= 0.3 is 6.03 Å². The predicted molar refractivity (Wildman–Crippen MR) is 142 cm³/mol. The number of anilines is 3. The van der Waals surface area contributed by atoms with E-state index in [1.54, 1.807) is 73.9 Å². The standard InChI is InChI=1S/C27H28N6O4/c1-27(2,37)22(34)16-33-21-13-5-4-11-19(21)23(20-12-6-7-14-29-20)31-24(25(33)35)32-26(36)30-18-10-8-9-17(15-18)28-3/h4-15,24,28,37H,16H2,1-3H3,(H2,30,32,36). The first-order chi connectivity index (χ1) is 17.7. The highest BCUT2D eigenvalue weighted by atomic mass is 16.3. The van der Waals surface area contributed by atoms with Crippen LogP contribution in [0.5, 0.6) is 0 Å². The highest BCUT2D eigenvalue weighted by Gasteiger charge is 2.36. The van der Waals surface area contributed by atoms with Crippen molar-refractivity contribution in [2.75, 3.05) is 29.1 Å². The number of aliphatic hydroxyl groups is 1. The summed E-state index contributed by atoms with van der Waals surface area (Å²) in [4.78, 5) is 49.7. The van der Waals surface area contributed by atoms with E-state index in [1.807, 2.05) is 6.07 Å². The third-order valence-electron chi connectivity index (χ3n) is 5.78. The third kappa shape index (κ3) is 5.81. The summed E-state index contributed by atoms with van der Waals surface area (Å²) >= 11 is 0. The fourth-order valence-corrected chi connectivity index (χ4v) is 3.77. The number of benzene rings is 2. The minimum atomic E-state index is -1.66. The minimum Gasteiger partial charge on any atom is -0.388 e. The SMILES string of the molecule is CNc1cccc(NC(=O)NC2N=C(c3ccccn3)c3ccccc3N(CC(=O)C(C)(C)O)C2=O)c1. The first-order valence-corrected chi connectivity index (χ1v) is 11.7.